The van der Waals surface area contributed by atoms with Crippen molar-refractivity contribution in [3.05, 3.63) is 24.3 Å². The molecule has 4 nitrogen and oxygen atoms in total. The van der Waals surface area contributed by atoms with E-state index in [1.54, 1.807) is 0 Å². The molecule has 0 aliphatic heterocycles. The van der Waals surface area contributed by atoms with E-state index in [0.717, 1.165) is 0 Å². The predicted molar refractivity (Wildman–Crippen MR) is 63.3 cm³/mol. The van der Waals surface area contributed by atoms with Gasteiger partial charge in [0.2, 0.25) is 0 Å². The number of rotatable bonds is 2. The van der Waals surface area contributed by atoms with Crippen LogP contribution in [0.15, 0.2) is 24.3 Å². The van der Waals surface area contributed by atoms with Crippen LogP contribution in [0, 0.1) is 35.5 Å². The molecule has 4 aliphatic rings. The molecule has 0 aromatic heterocycles. The molecule has 0 saturated heterocycles. The number of hydrogen-bond donors (Lipinski definition) is 0. The maximum atomic E-state index is 12.0. The highest BCUT2D eigenvalue weighted by molar-refractivity contribution is 5.84. The fraction of sp³-hybridized carbons (Fsp3) is 0.571. The zero-order valence-electron chi connectivity index (χ0n) is 10.4. The molecule has 0 radical (unpaired) electrons. The van der Waals surface area contributed by atoms with Crippen molar-refractivity contribution in [2.24, 2.45) is 35.5 Å². The lowest BCUT2D eigenvalue weighted by atomic mass is 9.50. The minimum absolute atomic E-state index is 0.0709. The van der Waals surface area contributed by atoms with Gasteiger partial charge in [-0.25, -0.2) is 0 Å². The van der Waals surface area contributed by atoms with E-state index in [9.17, 15) is 9.59 Å². The Bertz CT molecular complexity index is 411. The van der Waals surface area contributed by atoms with E-state index in [2.05, 4.69) is 24.3 Å². The van der Waals surface area contributed by atoms with E-state index in [0.29, 0.717) is 11.8 Å². The van der Waals surface area contributed by atoms with Crippen molar-refractivity contribution >= 4 is 11.9 Å². The Morgan fingerprint density at radius 1 is 0.722 bits per heavy atom. The van der Waals surface area contributed by atoms with E-state index in [4.69, 9.17) is 9.47 Å². The van der Waals surface area contributed by atoms with Gasteiger partial charge >= 0.3 is 11.9 Å². The molecule has 96 valence electrons. The fourth-order valence-corrected chi connectivity index (χ4v) is 3.73. The lowest BCUT2D eigenvalue weighted by molar-refractivity contribution is -0.167. The van der Waals surface area contributed by atoms with E-state index in [1.165, 1.54) is 14.2 Å². The number of ether oxygens (including phenoxy) is 2. The summed E-state index contributed by atoms with van der Waals surface area (Å²) in [6, 6.07) is 0. The van der Waals surface area contributed by atoms with Gasteiger partial charge < -0.3 is 9.47 Å². The summed E-state index contributed by atoms with van der Waals surface area (Å²) in [7, 11) is 2.74. The highest BCUT2D eigenvalue weighted by atomic mass is 16.5. The summed E-state index contributed by atoms with van der Waals surface area (Å²) < 4.78 is 9.74. The van der Waals surface area contributed by atoms with Crippen LogP contribution >= 0.6 is 0 Å². The molecule has 18 heavy (non-hydrogen) atoms. The van der Waals surface area contributed by atoms with Crippen LogP contribution in [0.5, 0.6) is 0 Å². The predicted octanol–water partition coefficient (Wildman–Crippen LogP) is 1.18. The first kappa shape index (κ1) is 11.5. The fourth-order valence-electron chi connectivity index (χ4n) is 3.73. The second-order valence-corrected chi connectivity index (χ2v) is 5.18. The average Bonchev–Trinajstić information content (AvgIpc) is 2.35. The van der Waals surface area contributed by atoms with E-state index in [-0.39, 0.29) is 23.8 Å². The third-order valence-corrected chi connectivity index (χ3v) is 4.61. The first-order valence-electron chi connectivity index (χ1n) is 6.21. The summed E-state index contributed by atoms with van der Waals surface area (Å²) in [5, 5.41) is 0. The summed E-state index contributed by atoms with van der Waals surface area (Å²) in [6.45, 7) is 0. The summed E-state index contributed by atoms with van der Waals surface area (Å²) in [6.07, 6.45) is 8.40. The van der Waals surface area contributed by atoms with Crippen molar-refractivity contribution in [3.63, 3.8) is 0 Å². The zero-order chi connectivity index (χ0) is 12.9. The van der Waals surface area contributed by atoms with Gasteiger partial charge in [0.05, 0.1) is 26.1 Å². The molecule has 2 bridgehead atoms. The molecule has 4 rings (SSSR count). The second kappa shape index (κ2) is 3.97. The molecule has 0 unspecified atom stereocenters. The molecule has 0 heterocycles. The number of methoxy groups -OCH3 is 2. The molecule has 4 aliphatic carbocycles. The van der Waals surface area contributed by atoms with Crippen LogP contribution in [0.3, 0.4) is 0 Å². The molecule has 6 atom stereocenters. The quantitative estimate of drug-likeness (QED) is 0.544. The van der Waals surface area contributed by atoms with Crippen LogP contribution in [0.4, 0.5) is 0 Å². The first-order valence-corrected chi connectivity index (χ1v) is 6.21. The lowest BCUT2D eigenvalue weighted by Crippen LogP contribution is -2.55. The molecule has 0 spiro atoms. The highest BCUT2D eigenvalue weighted by Crippen LogP contribution is 2.56. The van der Waals surface area contributed by atoms with Crippen LogP contribution < -0.4 is 0 Å². The second-order valence-electron chi connectivity index (χ2n) is 5.18. The molecule has 0 aromatic rings. The number of fused-ring (bicyclic) bond motifs is 1. The topological polar surface area (TPSA) is 52.6 Å². The van der Waals surface area contributed by atoms with Crippen LogP contribution in [0.25, 0.3) is 0 Å². The first-order chi connectivity index (χ1) is 8.69. The van der Waals surface area contributed by atoms with Crippen molar-refractivity contribution in [1.82, 2.24) is 0 Å². The van der Waals surface area contributed by atoms with Crippen molar-refractivity contribution in [3.8, 4) is 0 Å². The van der Waals surface area contributed by atoms with Gasteiger partial charge in [0.1, 0.15) is 0 Å². The van der Waals surface area contributed by atoms with Crippen molar-refractivity contribution < 1.29 is 19.1 Å². The SMILES string of the molecule is COC(=O)[C@H]1[C@@H]2C=C[C@@H]([C@H]3C=C[C@@H]32)[C@@H]1C(=O)OC. The maximum absolute atomic E-state index is 12.0. The molecule has 1 saturated carbocycles. The Morgan fingerprint density at radius 3 is 1.33 bits per heavy atom. The smallest absolute Gasteiger partial charge is 0.310 e. The van der Waals surface area contributed by atoms with Gasteiger partial charge in [-0.15, -0.1) is 0 Å². The Hall–Kier alpha value is -1.58. The summed E-state index contributed by atoms with van der Waals surface area (Å²) in [4.78, 5) is 24.0. The third-order valence-electron chi connectivity index (χ3n) is 4.61. The van der Waals surface area contributed by atoms with E-state index in [1.807, 2.05) is 0 Å². The van der Waals surface area contributed by atoms with Crippen molar-refractivity contribution in [2.75, 3.05) is 14.2 Å². The molecular weight excluding hydrogens is 232 g/mol. The van der Waals surface area contributed by atoms with E-state index < -0.39 is 11.8 Å². The normalized spacial score (nSPS) is 43.0. The molecule has 0 amide bonds. The van der Waals surface area contributed by atoms with Gasteiger partial charge in [-0.1, -0.05) is 24.3 Å². The summed E-state index contributed by atoms with van der Waals surface area (Å²) >= 11 is 0. The molecular formula is C14H16O4. The zero-order valence-corrected chi connectivity index (χ0v) is 10.4. The van der Waals surface area contributed by atoms with Gasteiger partial charge in [-0.3, -0.25) is 9.59 Å². The Labute approximate surface area is 106 Å². The van der Waals surface area contributed by atoms with Gasteiger partial charge in [0.15, 0.2) is 0 Å². The highest BCUT2D eigenvalue weighted by Gasteiger charge is 2.58. The monoisotopic (exact) mass is 248 g/mol. The van der Waals surface area contributed by atoms with Crippen LogP contribution in [-0.2, 0) is 19.1 Å². The maximum Gasteiger partial charge on any atom is 0.310 e. The summed E-state index contributed by atoms with van der Waals surface area (Å²) in [5.41, 5.74) is 0. The minimum Gasteiger partial charge on any atom is -0.469 e. The molecule has 0 N–H and O–H groups in total. The Kier molecular flexibility index (Phi) is 2.54. The van der Waals surface area contributed by atoms with E-state index >= 15 is 0 Å². The van der Waals surface area contributed by atoms with Crippen LogP contribution in [0.2, 0.25) is 0 Å². The largest absolute Gasteiger partial charge is 0.469 e. The van der Waals surface area contributed by atoms with Crippen LogP contribution in [0.1, 0.15) is 0 Å². The number of hydrogen-bond acceptors (Lipinski definition) is 4. The molecule has 1 fully saturated rings. The Balaban J connectivity index is 2.00. The van der Waals surface area contributed by atoms with Crippen molar-refractivity contribution in [1.29, 1.82) is 0 Å². The number of carbonyl (C=O) groups is 2. The average molecular weight is 248 g/mol. The van der Waals surface area contributed by atoms with Crippen molar-refractivity contribution in [2.45, 2.75) is 0 Å². The number of allylic oxidation sites excluding steroid dienone is 4. The third kappa shape index (κ3) is 1.32. The lowest BCUT2D eigenvalue weighted by Gasteiger charge is -2.53. The minimum atomic E-state index is -0.399. The number of carbonyl (C=O) groups excluding carboxylic acids is 2. The summed E-state index contributed by atoms with van der Waals surface area (Å²) in [5.74, 6) is -0.502. The van der Waals surface area contributed by atoms with Gasteiger partial charge in [-0.2, -0.15) is 0 Å². The van der Waals surface area contributed by atoms with Crippen LogP contribution in [-0.4, -0.2) is 26.2 Å². The molecule has 4 heteroatoms. The van der Waals surface area contributed by atoms with Gasteiger partial charge in [-0.05, 0) is 23.7 Å². The molecule has 0 aromatic carbocycles. The number of esters is 2. The van der Waals surface area contributed by atoms with Gasteiger partial charge in [0, 0.05) is 0 Å². The Morgan fingerprint density at radius 2 is 1.06 bits per heavy atom. The van der Waals surface area contributed by atoms with Gasteiger partial charge in [0.25, 0.3) is 0 Å². The standard InChI is InChI=1S/C14H16O4/c1-17-13(15)11-9-5-6-10(8-4-3-7(8)9)12(11)14(16)18-2/h3-12H,1-2H3/t7-,8-,9-,10+,11-,12-/m0/s1.